The van der Waals surface area contributed by atoms with Crippen LogP contribution in [0.1, 0.15) is 46.0 Å². The van der Waals surface area contributed by atoms with Crippen LogP contribution in [-0.2, 0) is 0 Å². The third-order valence-electron chi connectivity index (χ3n) is 4.36. The van der Waals surface area contributed by atoms with Gasteiger partial charge >= 0.3 is 0 Å². The molecule has 1 aliphatic heterocycles. The Hall–Kier alpha value is -0.120. The van der Waals surface area contributed by atoms with Gasteiger partial charge in [-0.05, 0) is 39.2 Å². The molecule has 2 rings (SSSR count). The van der Waals surface area contributed by atoms with Crippen LogP contribution in [0.5, 0.6) is 0 Å². The molecule has 3 atom stereocenters. The first kappa shape index (κ1) is 12.3. The molecule has 1 saturated carbocycles. The second-order valence-electron chi connectivity index (χ2n) is 5.58. The highest BCUT2D eigenvalue weighted by atomic mass is 15.2. The minimum absolute atomic E-state index is 0.295. The summed E-state index contributed by atoms with van der Waals surface area (Å²) in [6, 6.07) is 2.39. The zero-order valence-corrected chi connectivity index (χ0v) is 10.8. The molecule has 0 bridgehead atoms. The van der Waals surface area contributed by atoms with Crippen molar-refractivity contribution in [2.75, 3.05) is 13.1 Å². The second kappa shape index (κ2) is 5.48. The molecule has 1 aliphatic carbocycles. The van der Waals surface area contributed by atoms with Gasteiger partial charge < -0.3 is 11.1 Å². The highest BCUT2D eigenvalue weighted by Gasteiger charge is 2.30. The van der Waals surface area contributed by atoms with Crippen LogP contribution in [0.3, 0.4) is 0 Å². The Morgan fingerprint density at radius 2 is 2.06 bits per heavy atom. The van der Waals surface area contributed by atoms with Crippen molar-refractivity contribution in [3.8, 4) is 0 Å². The lowest BCUT2D eigenvalue weighted by atomic mass is 9.91. The maximum absolute atomic E-state index is 5.94. The van der Waals surface area contributed by atoms with Crippen LogP contribution in [0.15, 0.2) is 0 Å². The monoisotopic (exact) mass is 225 g/mol. The van der Waals surface area contributed by atoms with Gasteiger partial charge in [-0.25, -0.2) is 0 Å². The van der Waals surface area contributed by atoms with Gasteiger partial charge in [-0.15, -0.1) is 0 Å². The molecular formula is C13H27N3. The lowest BCUT2D eigenvalue weighted by molar-refractivity contribution is 0.122. The van der Waals surface area contributed by atoms with Gasteiger partial charge in [0.15, 0.2) is 0 Å². The Bertz CT molecular complexity index is 213. The quantitative estimate of drug-likeness (QED) is 0.741. The molecule has 3 N–H and O–H groups in total. The Labute approximate surface area is 99.8 Å². The standard InChI is InChI=1S/C13H27N3/c1-3-16(12-5-4-6-12)9-11-7-8-13(15-11)10(2)14/h10-13,15H,3-9,14H2,1-2H3. The van der Waals surface area contributed by atoms with E-state index in [1.54, 1.807) is 0 Å². The number of rotatable bonds is 5. The molecule has 1 saturated heterocycles. The Kier molecular flexibility index (Phi) is 4.22. The summed E-state index contributed by atoms with van der Waals surface area (Å²) in [5.74, 6) is 0. The van der Waals surface area contributed by atoms with Gasteiger partial charge in [-0.3, -0.25) is 4.90 Å². The third kappa shape index (κ3) is 2.76. The van der Waals surface area contributed by atoms with Crippen molar-refractivity contribution < 1.29 is 0 Å². The van der Waals surface area contributed by atoms with Crippen LogP contribution in [0, 0.1) is 0 Å². The summed E-state index contributed by atoms with van der Waals surface area (Å²) in [4.78, 5) is 2.66. The largest absolute Gasteiger partial charge is 0.327 e. The molecule has 2 fully saturated rings. The van der Waals surface area contributed by atoms with Gasteiger partial charge in [0, 0.05) is 30.7 Å². The van der Waals surface area contributed by atoms with E-state index in [9.17, 15) is 0 Å². The maximum atomic E-state index is 5.94. The van der Waals surface area contributed by atoms with E-state index in [1.165, 1.54) is 45.2 Å². The van der Waals surface area contributed by atoms with Crippen molar-refractivity contribution >= 4 is 0 Å². The van der Waals surface area contributed by atoms with E-state index >= 15 is 0 Å². The molecule has 0 aromatic rings. The van der Waals surface area contributed by atoms with Crippen LogP contribution in [-0.4, -0.2) is 42.2 Å². The highest BCUT2D eigenvalue weighted by molar-refractivity contribution is 4.91. The fourth-order valence-corrected chi connectivity index (χ4v) is 2.98. The molecule has 0 radical (unpaired) electrons. The molecule has 3 unspecified atom stereocenters. The van der Waals surface area contributed by atoms with E-state index in [2.05, 4.69) is 24.1 Å². The number of hydrogen-bond donors (Lipinski definition) is 2. The Morgan fingerprint density at radius 3 is 2.50 bits per heavy atom. The molecular weight excluding hydrogens is 198 g/mol. The topological polar surface area (TPSA) is 41.3 Å². The van der Waals surface area contributed by atoms with Crippen molar-refractivity contribution in [3.63, 3.8) is 0 Å². The minimum atomic E-state index is 0.295. The molecule has 1 heterocycles. The Morgan fingerprint density at radius 1 is 1.31 bits per heavy atom. The number of likely N-dealkylation sites (N-methyl/N-ethyl adjacent to an activating group) is 1. The molecule has 0 aromatic heterocycles. The lowest BCUT2D eigenvalue weighted by Crippen LogP contribution is -2.49. The zero-order chi connectivity index (χ0) is 11.5. The van der Waals surface area contributed by atoms with E-state index in [0.717, 1.165) is 6.04 Å². The summed E-state index contributed by atoms with van der Waals surface area (Å²) < 4.78 is 0. The number of nitrogens with one attached hydrogen (secondary N) is 1. The van der Waals surface area contributed by atoms with E-state index < -0.39 is 0 Å². The molecule has 0 amide bonds. The molecule has 3 nitrogen and oxygen atoms in total. The van der Waals surface area contributed by atoms with Crippen LogP contribution >= 0.6 is 0 Å². The SMILES string of the molecule is CCN(CC1CCC(C(C)N)N1)C1CCC1. The van der Waals surface area contributed by atoms with E-state index in [-0.39, 0.29) is 0 Å². The van der Waals surface area contributed by atoms with Crippen LogP contribution in [0.25, 0.3) is 0 Å². The molecule has 2 aliphatic rings. The highest BCUT2D eigenvalue weighted by Crippen LogP contribution is 2.26. The predicted octanol–water partition coefficient (Wildman–Crippen LogP) is 1.33. The second-order valence-corrected chi connectivity index (χ2v) is 5.58. The van der Waals surface area contributed by atoms with Crippen molar-refractivity contribution in [1.82, 2.24) is 10.2 Å². The van der Waals surface area contributed by atoms with Gasteiger partial charge in [0.2, 0.25) is 0 Å². The van der Waals surface area contributed by atoms with E-state index in [0.29, 0.717) is 18.1 Å². The first-order chi connectivity index (χ1) is 7.70. The minimum Gasteiger partial charge on any atom is -0.327 e. The smallest absolute Gasteiger partial charge is 0.0220 e. The van der Waals surface area contributed by atoms with Crippen molar-refractivity contribution in [2.45, 2.75) is 70.1 Å². The van der Waals surface area contributed by atoms with Gasteiger partial charge in [-0.1, -0.05) is 13.3 Å². The zero-order valence-electron chi connectivity index (χ0n) is 10.8. The van der Waals surface area contributed by atoms with Crippen LogP contribution < -0.4 is 11.1 Å². The summed E-state index contributed by atoms with van der Waals surface area (Å²) in [5, 5.41) is 3.69. The summed E-state index contributed by atoms with van der Waals surface area (Å²) in [7, 11) is 0. The van der Waals surface area contributed by atoms with Crippen molar-refractivity contribution in [2.24, 2.45) is 5.73 Å². The van der Waals surface area contributed by atoms with Gasteiger partial charge in [-0.2, -0.15) is 0 Å². The average Bonchev–Trinajstić information content (AvgIpc) is 2.62. The first-order valence-electron chi connectivity index (χ1n) is 6.96. The number of nitrogens with zero attached hydrogens (tertiary/aromatic N) is 1. The maximum Gasteiger partial charge on any atom is 0.0220 e. The molecule has 3 heteroatoms. The fraction of sp³-hybridized carbons (Fsp3) is 1.00. The van der Waals surface area contributed by atoms with Gasteiger partial charge in [0.05, 0.1) is 0 Å². The summed E-state index contributed by atoms with van der Waals surface area (Å²) in [6.07, 6.45) is 6.82. The number of nitrogens with two attached hydrogens (primary N) is 1. The van der Waals surface area contributed by atoms with E-state index in [4.69, 9.17) is 5.73 Å². The third-order valence-corrected chi connectivity index (χ3v) is 4.36. The lowest BCUT2D eigenvalue weighted by Gasteiger charge is -2.38. The van der Waals surface area contributed by atoms with Crippen LogP contribution in [0.2, 0.25) is 0 Å². The molecule has 0 aromatic carbocycles. The molecule has 0 spiro atoms. The fourth-order valence-electron chi connectivity index (χ4n) is 2.98. The summed E-state index contributed by atoms with van der Waals surface area (Å²) in [6.45, 7) is 6.83. The average molecular weight is 225 g/mol. The van der Waals surface area contributed by atoms with Gasteiger partial charge in [0.25, 0.3) is 0 Å². The number of hydrogen-bond acceptors (Lipinski definition) is 3. The summed E-state index contributed by atoms with van der Waals surface area (Å²) >= 11 is 0. The molecule has 16 heavy (non-hydrogen) atoms. The van der Waals surface area contributed by atoms with Crippen molar-refractivity contribution in [1.29, 1.82) is 0 Å². The molecule has 94 valence electrons. The first-order valence-corrected chi connectivity index (χ1v) is 6.96. The Balaban J connectivity index is 1.76. The normalized spacial score (nSPS) is 33.0. The predicted molar refractivity (Wildman–Crippen MR) is 68.5 cm³/mol. The summed E-state index contributed by atoms with van der Waals surface area (Å²) in [5.41, 5.74) is 5.94. The van der Waals surface area contributed by atoms with Crippen LogP contribution in [0.4, 0.5) is 0 Å². The van der Waals surface area contributed by atoms with Gasteiger partial charge in [0.1, 0.15) is 0 Å². The van der Waals surface area contributed by atoms with E-state index in [1.807, 2.05) is 0 Å². The van der Waals surface area contributed by atoms with Crippen molar-refractivity contribution in [3.05, 3.63) is 0 Å².